The zero-order valence-corrected chi connectivity index (χ0v) is 16.0. The zero-order chi connectivity index (χ0) is 18.4. The number of thiazole rings is 1. The second kappa shape index (κ2) is 8.43. The number of para-hydroxylation sites is 1. The number of nitrogens with one attached hydrogen (secondary N) is 1. The van der Waals surface area contributed by atoms with Gasteiger partial charge in [0.2, 0.25) is 5.91 Å². The van der Waals surface area contributed by atoms with E-state index in [1.54, 1.807) is 18.4 Å². The summed E-state index contributed by atoms with van der Waals surface area (Å²) in [5.74, 6) is 0.0269. The zero-order valence-electron chi connectivity index (χ0n) is 15.2. The van der Waals surface area contributed by atoms with Gasteiger partial charge in [-0.25, -0.2) is 4.98 Å². The van der Waals surface area contributed by atoms with Crippen LogP contribution in [0.15, 0.2) is 54.6 Å². The van der Waals surface area contributed by atoms with Crippen LogP contribution >= 0.6 is 11.3 Å². The maximum atomic E-state index is 13.1. The lowest BCUT2D eigenvalue weighted by molar-refractivity contribution is -0.126. The van der Waals surface area contributed by atoms with Crippen molar-refractivity contribution in [3.8, 4) is 0 Å². The lowest BCUT2D eigenvalue weighted by Crippen LogP contribution is -2.44. The summed E-state index contributed by atoms with van der Waals surface area (Å²) >= 11 is 1.66. The van der Waals surface area contributed by atoms with Crippen LogP contribution in [-0.2, 0) is 21.4 Å². The van der Waals surface area contributed by atoms with Crippen molar-refractivity contribution in [2.45, 2.75) is 25.2 Å². The van der Waals surface area contributed by atoms with Crippen molar-refractivity contribution in [1.82, 2.24) is 10.3 Å². The van der Waals surface area contributed by atoms with Gasteiger partial charge in [0.05, 0.1) is 20.6 Å². The number of carbonyl (C=O) groups is 1. The average molecular weight is 369 g/mol. The fourth-order valence-corrected chi connectivity index (χ4v) is 4.15. The van der Waals surface area contributed by atoms with E-state index < -0.39 is 5.41 Å². The van der Waals surface area contributed by atoms with Gasteiger partial charge < -0.3 is 10.1 Å². The molecule has 0 aliphatic rings. The maximum Gasteiger partial charge on any atom is 0.230 e. The number of fused-ring (bicyclic) bond motifs is 1. The smallest absolute Gasteiger partial charge is 0.230 e. The van der Waals surface area contributed by atoms with Crippen LogP contribution in [0.5, 0.6) is 0 Å². The predicted molar refractivity (Wildman–Crippen MR) is 107 cm³/mol. The topological polar surface area (TPSA) is 51.2 Å². The van der Waals surface area contributed by atoms with Gasteiger partial charge in [0, 0.05) is 26.7 Å². The second-order valence-electron chi connectivity index (χ2n) is 6.55. The SMILES string of the molecule is COCCCNC(=O)[C@](C)(Cc1nc2ccccc2s1)c1ccccc1. The molecule has 2 aromatic carbocycles. The normalized spacial score (nSPS) is 13.5. The van der Waals surface area contributed by atoms with Crippen LogP contribution in [0.25, 0.3) is 10.2 Å². The third kappa shape index (κ3) is 4.11. The molecule has 5 heteroatoms. The number of benzene rings is 2. The van der Waals surface area contributed by atoms with Crippen molar-refractivity contribution < 1.29 is 9.53 Å². The third-order valence-electron chi connectivity index (χ3n) is 4.57. The largest absolute Gasteiger partial charge is 0.385 e. The summed E-state index contributed by atoms with van der Waals surface area (Å²) in [6, 6.07) is 18.0. The molecular formula is C21H24N2O2S. The van der Waals surface area contributed by atoms with Gasteiger partial charge in [-0.15, -0.1) is 11.3 Å². The van der Waals surface area contributed by atoms with Crippen molar-refractivity contribution in [2.75, 3.05) is 20.3 Å². The Labute approximate surface area is 158 Å². The van der Waals surface area contributed by atoms with Gasteiger partial charge >= 0.3 is 0 Å². The third-order valence-corrected chi connectivity index (χ3v) is 5.60. The lowest BCUT2D eigenvalue weighted by Gasteiger charge is -2.28. The molecule has 0 unspecified atom stereocenters. The maximum absolute atomic E-state index is 13.1. The van der Waals surface area contributed by atoms with Gasteiger partial charge in [-0.05, 0) is 31.0 Å². The highest BCUT2D eigenvalue weighted by atomic mass is 32.1. The van der Waals surface area contributed by atoms with Gasteiger partial charge in [0.1, 0.15) is 0 Å². The Morgan fingerprint density at radius 2 is 1.88 bits per heavy atom. The Kier molecular flexibility index (Phi) is 6.01. The highest BCUT2D eigenvalue weighted by Gasteiger charge is 2.36. The first-order chi connectivity index (χ1) is 12.6. The first-order valence-corrected chi connectivity index (χ1v) is 9.62. The molecule has 26 heavy (non-hydrogen) atoms. The molecule has 0 saturated carbocycles. The summed E-state index contributed by atoms with van der Waals surface area (Å²) in [6.45, 7) is 3.25. The van der Waals surface area contributed by atoms with Crippen molar-refractivity contribution in [3.05, 3.63) is 65.2 Å². The van der Waals surface area contributed by atoms with E-state index in [-0.39, 0.29) is 5.91 Å². The fourth-order valence-electron chi connectivity index (χ4n) is 3.03. The second-order valence-corrected chi connectivity index (χ2v) is 7.67. The Morgan fingerprint density at radius 3 is 2.62 bits per heavy atom. The van der Waals surface area contributed by atoms with Gasteiger partial charge in [0.15, 0.2) is 0 Å². The van der Waals surface area contributed by atoms with Crippen LogP contribution in [0, 0.1) is 0 Å². The van der Waals surface area contributed by atoms with E-state index in [2.05, 4.69) is 11.4 Å². The molecule has 1 heterocycles. The number of methoxy groups -OCH3 is 1. The summed E-state index contributed by atoms with van der Waals surface area (Å²) in [7, 11) is 1.67. The molecule has 4 nitrogen and oxygen atoms in total. The van der Waals surface area contributed by atoms with Crippen LogP contribution in [-0.4, -0.2) is 31.2 Å². The first-order valence-electron chi connectivity index (χ1n) is 8.81. The molecule has 0 bridgehead atoms. The molecule has 136 valence electrons. The lowest BCUT2D eigenvalue weighted by atomic mass is 9.78. The molecule has 1 aromatic heterocycles. The van der Waals surface area contributed by atoms with E-state index in [4.69, 9.17) is 9.72 Å². The van der Waals surface area contributed by atoms with Crippen molar-refractivity contribution in [3.63, 3.8) is 0 Å². The fraction of sp³-hybridized carbons (Fsp3) is 0.333. The van der Waals surface area contributed by atoms with Crippen LogP contribution in [0.2, 0.25) is 0 Å². The molecule has 0 fully saturated rings. The van der Waals surface area contributed by atoms with Crippen molar-refractivity contribution >= 4 is 27.5 Å². The predicted octanol–water partition coefficient (Wildman–Crippen LogP) is 3.95. The number of aromatic nitrogens is 1. The number of nitrogens with zero attached hydrogens (tertiary/aromatic N) is 1. The minimum Gasteiger partial charge on any atom is -0.385 e. The molecule has 0 spiro atoms. The summed E-state index contributed by atoms with van der Waals surface area (Å²) in [6.07, 6.45) is 1.38. The Balaban J connectivity index is 1.86. The minimum absolute atomic E-state index is 0.0269. The summed E-state index contributed by atoms with van der Waals surface area (Å²) in [5, 5.41) is 4.04. The molecule has 1 N–H and O–H groups in total. The number of hydrogen-bond acceptors (Lipinski definition) is 4. The standard InChI is InChI=1S/C21H24N2O2S/c1-21(16-9-4-3-5-10-16,20(24)22-13-8-14-25-2)15-19-23-17-11-6-7-12-18(17)26-19/h3-7,9-12H,8,13-15H2,1-2H3,(H,22,24)/t21-/m1/s1. The van der Waals surface area contributed by atoms with Crippen molar-refractivity contribution in [2.24, 2.45) is 0 Å². The molecule has 3 aromatic rings. The highest BCUT2D eigenvalue weighted by molar-refractivity contribution is 7.18. The van der Waals surface area contributed by atoms with Crippen LogP contribution in [0.3, 0.4) is 0 Å². The van der Waals surface area contributed by atoms with Crippen molar-refractivity contribution in [1.29, 1.82) is 0 Å². The average Bonchev–Trinajstić information content (AvgIpc) is 3.07. The Hall–Kier alpha value is -2.24. The molecule has 0 aliphatic carbocycles. The Morgan fingerprint density at radius 1 is 1.15 bits per heavy atom. The van der Waals surface area contributed by atoms with E-state index in [0.717, 1.165) is 27.2 Å². The number of rotatable bonds is 8. The molecule has 1 amide bonds. The van der Waals surface area contributed by atoms with E-state index in [1.807, 2.05) is 55.5 Å². The van der Waals surface area contributed by atoms with E-state index in [9.17, 15) is 4.79 Å². The molecule has 0 aliphatic heterocycles. The summed E-state index contributed by atoms with van der Waals surface area (Å²) < 4.78 is 6.21. The molecular weight excluding hydrogens is 344 g/mol. The number of amides is 1. The summed E-state index contributed by atoms with van der Waals surface area (Å²) in [4.78, 5) is 17.8. The monoisotopic (exact) mass is 368 g/mol. The highest BCUT2D eigenvalue weighted by Crippen LogP contribution is 2.32. The van der Waals surface area contributed by atoms with E-state index in [0.29, 0.717) is 19.6 Å². The summed E-state index contributed by atoms with van der Waals surface area (Å²) in [5.41, 5.74) is 1.33. The van der Waals surface area contributed by atoms with Gasteiger partial charge in [0.25, 0.3) is 0 Å². The van der Waals surface area contributed by atoms with Crippen LogP contribution in [0.1, 0.15) is 23.9 Å². The number of ether oxygens (including phenoxy) is 1. The quantitative estimate of drug-likeness (QED) is 0.613. The van der Waals surface area contributed by atoms with Crippen LogP contribution in [0.4, 0.5) is 0 Å². The Bertz CT molecular complexity index is 830. The molecule has 3 rings (SSSR count). The molecule has 0 saturated heterocycles. The minimum atomic E-state index is -0.664. The first kappa shape index (κ1) is 18.5. The van der Waals surface area contributed by atoms with Gasteiger partial charge in [-0.3, -0.25) is 4.79 Å². The number of hydrogen-bond donors (Lipinski definition) is 1. The van der Waals surface area contributed by atoms with Gasteiger partial charge in [-0.1, -0.05) is 42.5 Å². The number of carbonyl (C=O) groups excluding carboxylic acids is 1. The van der Waals surface area contributed by atoms with E-state index in [1.165, 1.54) is 0 Å². The molecule has 0 radical (unpaired) electrons. The van der Waals surface area contributed by atoms with E-state index >= 15 is 0 Å². The van der Waals surface area contributed by atoms with Gasteiger partial charge in [-0.2, -0.15) is 0 Å². The van der Waals surface area contributed by atoms with Crippen LogP contribution < -0.4 is 5.32 Å². The molecule has 1 atom stereocenters.